The molecule has 1 unspecified atom stereocenters. The van der Waals surface area contributed by atoms with Crippen LogP contribution in [-0.2, 0) is 24.1 Å². The summed E-state index contributed by atoms with van der Waals surface area (Å²) in [6, 6.07) is 10.1. The Balaban J connectivity index is 1.30. The first kappa shape index (κ1) is 31.6. The average molecular weight is 644 g/mol. The number of carboxylic acid groups (broad SMARTS) is 1. The number of ether oxygens (including phenoxy) is 3. The molecule has 3 aromatic rings. The van der Waals surface area contributed by atoms with Crippen LogP contribution in [0.2, 0.25) is 0 Å². The molecule has 1 atom stereocenters. The molecule has 2 heterocycles. The van der Waals surface area contributed by atoms with E-state index >= 15 is 0 Å². The summed E-state index contributed by atoms with van der Waals surface area (Å²) in [7, 11) is -3.38. The zero-order valence-electron chi connectivity index (χ0n) is 24.1. The predicted octanol–water partition coefficient (Wildman–Crippen LogP) is 4.58. The molecular formula is C30H33N3O9S2. The molecule has 0 radical (unpaired) electrons. The van der Waals surface area contributed by atoms with Crippen LogP contribution in [0.3, 0.4) is 0 Å². The predicted molar refractivity (Wildman–Crippen MR) is 161 cm³/mol. The Kier molecular flexibility index (Phi) is 9.63. The van der Waals surface area contributed by atoms with Crippen molar-refractivity contribution in [2.45, 2.75) is 67.9 Å². The summed E-state index contributed by atoms with van der Waals surface area (Å²) >= 11 is 1.02. The Morgan fingerprint density at radius 1 is 1.02 bits per heavy atom. The third-order valence-corrected chi connectivity index (χ3v) is 10.1. The molecule has 12 nitrogen and oxygen atoms in total. The lowest BCUT2D eigenvalue weighted by Gasteiger charge is -2.27. The first-order valence-corrected chi connectivity index (χ1v) is 16.6. The third kappa shape index (κ3) is 7.62. The van der Waals surface area contributed by atoms with Crippen molar-refractivity contribution in [1.29, 1.82) is 0 Å². The van der Waals surface area contributed by atoms with Gasteiger partial charge in [0.25, 0.3) is 11.8 Å². The molecular weight excluding hydrogens is 610 g/mol. The number of benzene rings is 2. The summed E-state index contributed by atoms with van der Waals surface area (Å²) < 4.78 is 42.7. The fraction of sp³-hybridized carbons (Fsp3) is 0.400. The molecule has 3 N–H and O–H groups in total. The van der Waals surface area contributed by atoms with Crippen LogP contribution in [-0.4, -0.2) is 66.9 Å². The first-order valence-electron chi connectivity index (χ1n) is 14.2. The van der Waals surface area contributed by atoms with Crippen LogP contribution in [0.4, 0.5) is 5.13 Å². The minimum absolute atomic E-state index is 0.00421. The summed E-state index contributed by atoms with van der Waals surface area (Å²) in [5, 5.41) is 15.2. The highest BCUT2D eigenvalue weighted by molar-refractivity contribution is 7.92. The van der Waals surface area contributed by atoms with Gasteiger partial charge in [-0.2, -0.15) is 0 Å². The highest BCUT2D eigenvalue weighted by Crippen LogP contribution is 2.35. The number of aromatic nitrogens is 1. The minimum atomic E-state index is -3.38. The number of amides is 2. The third-order valence-electron chi connectivity index (χ3n) is 7.03. The maximum Gasteiger partial charge on any atom is 0.336 e. The molecule has 44 heavy (non-hydrogen) atoms. The molecule has 2 aliphatic rings. The number of carbonyl (C=O) groups is 3. The van der Waals surface area contributed by atoms with Gasteiger partial charge in [0, 0.05) is 19.3 Å². The number of nitrogens with one attached hydrogen (secondary N) is 2. The molecule has 1 saturated carbocycles. The molecule has 1 aliphatic heterocycles. The van der Waals surface area contributed by atoms with Gasteiger partial charge < -0.3 is 24.6 Å². The number of rotatable bonds is 12. The van der Waals surface area contributed by atoms with E-state index in [1.54, 1.807) is 26.0 Å². The lowest BCUT2D eigenvalue weighted by molar-refractivity contribution is -0.136. The van der Waals surface area contributed by atoms with Crippen molar-refractivity contribution in [3.63, 3.8) is 0 Å². The smallest absolute Gasteiger partial charge is 0.336 e. The SMILES string of the molecule is CC(C)NC(=O)c1ccc(Oc2cnc(NC(=O)C(OC3CCOCC3)c3ccc(S(=O)(=O)C4CC4)cc3)s2)cc1C(=O)O. The maximum atomic E-state index is 13.5. The molecule has 5 rings (SSSR count). The summed E-state index contributed by atoms with van der Waals surface area (Å²) in [5.74, 6) is -2.12. The zero-order valence-corrected chi connectivity index (χ0v) is 25.8. The summed E-state index contributed by atoms with van der Waals surface area (Å²) in [5.41, 5.74) is 0.284. The number of hydrogen-bond acceptors (Lipinski definition) is 10. The van der Waals surface area contributed by atoms with Gasteiger partial charge in [-0.15, -0.1) is 0 Å². The Bertz CT molecular complexity index is 1630. The van der Waals surface area contributed by atoms with Crippen molar-refractivity contribution in [3.8, 4) is 10.8 Å². The van der Waals surface area contributed by atoms with Crippen molar-refractivity contribution >= 4 is 44.1 Å². The second-order valence-corrected chi connectivity index (χ2v) is 14.1. The monoisotopic (exact) mass is 643 g/mol. The quantitative estimate of drug-likeness (QED) is 0.254. The van der Waals surface area contributed by atoms with E-state index in [1.165, 1.54) is 36.5 Å². The second kappa shape index (κ2) is 13.4. The molecule has 1 saturated heterocycles. The van der Waals surface area contributed by atoms with Gasteiger partial charge in [-0.25, -0.2) is 18.2 Å². The molecule has 2 aromatic carbocycles. The highest BCUT2D eigenvalue weighted by Gasteiger charge is 2.37. The highest BCUT2D eigenvalue weighted by atomic mass is 32.2. The van der Waals surface area contributed by atoms with Gasteiger partial charge in [0.15, 0.2) is 21.1 Å². The van der Waals surface area contributed by atoms with E-state index in [1.807, 2.05) is 0 Å². The van der Waals surface area contributed by atoms with E-state index < -0.39 is 33.7 Å². The van der Waals surface area contributed by atoms with Gasteiger partial charge in [-0.3, -0.25) is 14.9 Å². The van der Waals surface area contributed by atoms with E-state index in [2.05, 4.69) is 15.6 Å². The molecule has 0 spiro atoms. The van der Waals surface area contributed by atoms with E-state index in [0.29, 0.717) is 44.5 Å². The van der Waals surface area contributed by atoms with E-state index in [9.17, 15) is 27.9 Å². The molecule has 14 heteroatoms. The lowest BCUT2D eigenvalue weighted by atomic mass is 10.1. The van der Waals surface area contributed by atoms with Gasteiger partial charge >= 0.3 is 5.97 Å². The number of carbonyl (C=O) groups excluding carboxylic acids is 2. The van der Waals surface area contributed by atoms with Crippen LogP contribution in [0.1, 0.15) is 71.9 Å². The van der Waals surface area contributed by atoms with Crippen LogP contribution in [0.5, 0.6) is 10.8 Å². The largest absolute Gasteiger partial charge is 0.478 e. The molecule has 2 amide bonds. The van der Waals surface area contributed by atoms with Crippen molar-refractivity contribution < 1.29 is 42.1 Å². The molecule has 2 fully saturated rings. The molecule has 1 aromatic heterocycles. The van der Waals surface area contributed by atoms with Crippen LogP contribution in [0.25, 0.3) is 0 Å². The maximum absolute atomic E-state index is 13.5. The molecule has 234 valence electrons. The number of aromatic carboxylic acids is 1. The number of nitrogens with zero attached hydrogens (tertiary/aromatic N) is 1. The number of anilines is 1. The van der Waals surface area contributed by atoms with Crippen molar-refractivity contribution in [1.82, 2.24) is 10.3 Å². The van der Waals surface area contributed by atoms with Gasteiger partial charge in [0.1, 0.15) is 5.75 Å². The van der Waals surface area contributed by atoms with Crippen LogP contribution in [0.15, 0.2) is 53.6 Å². The summed E-state index contributed by atoms with van der Waals surface area (Å²) in [6.07, 6.45) is 2.66. The summed E-state index contributed by atoms with van der Waals surface area (Å²) in [6.45, 7) is 4.57. The number of carboxylic acids is 1. The van der Waals surface area contributed by atoms with Crippen LogP contribution < -0.4 is 15.4 Å². The Morgan fingerprint density at radius 2 is 1.73 bits per heavy atom. The van der Waals surface area contributed by atoms with Crippen molar-refractivity contribution in [2.75, 3.05) is 18.5 Å². The normalized spacial score (nSPS) is 16.3. The fourth-order valence-electron chi connectivity index (χ4n) is 4.65. The first-order chi connectivity index (χ1) is 21.0. The van der Waals surface area contributed by atoms with E-state index in [4.69, 9.17) is 14.2 Å². The minimum Gasteiger partial charge on any atom is -0.478 e. The standard InChI is InChI=1S/C30H33N3O9S2/c1-17(2)32-27(34)23-10-5-20(15-24(23)29(36)37)41-25-16-31-30(43-25)33-28(35)26(42-19-11-13-40-14-12-19)18-3-6-21(7-4-18)44(38,39)22-8-9-22/h3-7,10,15-17,19,22,26H,8-9,11-14H2,1-2H3,(H,32,34)(H,36,37)(H,31,33,35). The van der Waals surface area contributed by atoms with Crippen molar-refractivity contribution in [2.24, 2.45) is 0 Å². The van der Waals surface area contributed by atoms with Gasteiger partial charge in [-0.1, -0.05) is 23.5 Å². The van der Waals surface area contributed by atoms with Gasteiger partial charge in [0.05, 0.1) is 33.6 Å². The van der Waals surface area contributed by atoms with Crippen LogP contribution >= 0.6 is 11.3 Å². The Labute approximate surface area is 258 Å². The Morgan fingerprint density at radius 3 is 2.36 bits per heavy atom. The average Bonchev–Trinajstić information content (AvgIpc) is 3.78. The lowest BCUT2D eigenvalue weighted by Crippen LogP contribution is -2.31. The fourth-order valence-corrected chi connectivity index (χ4v) is 7.00. The number of sulfone groups is 1. The summed E-state index contributed by atoms with van der Waals surface area (Å²) in [4.78, 5) is 42.2. The second-order valence-electron chi connectivity index (χ2n) is 10.9. The van der Waals surface area contributed by atoms with Gasteiger partial charge in [0.2, 0.25) is 5.06 Å². The van der Waals surface area contributed by atoms with E-state index in [-0.39, 0.29) is 49.4 Å². The van der Waals surface area contributed by atoms with E-state index in [0.717, 1.165) is 11.3 Å². The van der Waals surface area contributed by atoms with Crippen LogP contribution in [0, 0.1) is 0 Å². The molecule has 0 bridgehead atoms. The number of hydrogen-bond donors (Lipinski definition) is 3. The van der Waals surface area contributed by atoms with Gasteiger partial charge in [-0.05, 0) is 75.4 Å². The Hall–Kier alpha value is -3.85. The zero-order chi connectivity index (χ0) is 31.4. The van der Waals surface area contributed by atoms with Crippen molar-refractivity contribution in [3.05, 3.63) is 65.4 Å². The topological polar surface area (TPSA) is 170 Å². The molecule has 1 aliphatic carbocycles. The number of thiazole rings is 1.